The molecule has 2 aromatic carbocycles. The lowest BCUT2D eigenvalue weighted by Crippen LogP contribution is -2.40. The van der Waals surface area contributed by atoms with Gasteiger partial charge in [0.1, 0.15) is 17.4 Å². The summed E-state index contributed by atoms with van der Waals surface area (Å²) in [6.45, 7) is 7.53. The number of H-pyrrole nitrogens is 1. The molecule has 0 saturated carbocycles. The average molecular weight is 690 g/mol. The second-order valence-electron chi connectivity index (χ2n) is 10.1. The molecule has 2 aromatic heterocycles. The van der Waals surface area contributed by atoms with E-state index in [0.29, 0.717) is 34.3 Å². The number of aryl methyl sites for hydroxylation is 1. The first-order valence-corrected chi connectivity index (χ1v) is 14.8. The molecule has 3 heterocycles. The molecule has 1 aliphatic rings. The van der Waals surface area contributed by atoms with Crippen molar-refractivity contribution in [2.45, 2.75) is 32.4 Å². The highest BCUT2D eigenvalue weighted by molar-refractivity contribution is 7.15. The normalized spacial score (nSPS) is 14.0. The Balaban J connectivity index is 0.000000644. The Morgan fingerprint density at radius 3 is 2.36 bits per heavy atom. The van der Waals surface area contributed by atoms with Crippen LogP contribution in [0.4, 0.5) is 26.3 Å². The van der Waals surface area contributed by atoms with Crippen molar-refractivity contribution in [3.63, 3.8) is 0 Å². The molecular weight excluding hydrogens is 660 g/mol. The summed E-state index contributed by atoms with van der Waals surface area (Å²) in [6, 6.07) is 10.4. The molecule has 3 N–H and O–H groups in total. The molecule has 11 nitrogen and oxygen atoms in total. The number of aromatic nitrogens is 3. The molecule has 0 amide bonds. The minimum absolute atomic E-state index is 0.234. The molecule has 0 spiro atoms. The number of aromatic amines is 1. The molecule has 0 aliphatic carbocycles. The molecule has 1 fully saturated rings. The summed E-state index contributed by atoms with van der Waals surface area (Å²) in [6.07, 6.45) is -9.48. The van der Waals surface area contributed by atoms with Crippen LogP contribution in [0.3, 0.4) is 0 Å². The minimum atomic E-state index is -5.08. The van der Waals surface area contributed by atoms with Gasteiger partial charge in [0.05, 0.1) is 29.3 Å². The van der Waals surface area contributed by atoms with E-state index in [1.165, 1.54) is 23.5 Å². The van der Waals surface area contributed by atoms with Crippen molar-refractivity contribution in [2.75, 3.05) is 39.4 Å². The van der Waals surface area contributed by atoms with Gasteiger partial charge in [0.2, 0.25) is 0 Å². The van der Waals surface area contributed by atoms with Crippen LogP contribution in [0.2, 0.25) is 0 Å². The topological polar surface area (TPSA) is 143 Å². The first-order valence-electron chi connectivity index (χ1n) is 14.0. The van der Waals surface area contributed by atoms with Gasteiger partial charge in [-0.3, -0.25) is 14.4 Å². The van der Waals surface area contributed by atoms with Crippen LogP contribution in [0.15, 0.2) is 51.8 Å². The van der Waals surface area contributed by atoms with Gasteiger partial charge in [-0.1, -0.05) is 17.3 Å². The van der Waals surface area contributed by atoms with Crippen molar-refractivity contribution in [1.29, 1.82) is 0 Å². The van der Waals surface area contributed by atoms with Crippen molar-refractivity contribution in [3.05, 3.63) is 74.7 Å². The predicted molar refractivity (Wildman–Crippen MR) is 157 cm³/mol. The van der Waals surface area contributed by atoms with Gasteiger partial charge in [0, 0.05) is 43.9 Å². The number of benzene rings is 2. The molecule has 0 atom stereocenters. The van der Waals surface area contributed by atoms with Crippen LogP contribution in [0.25, 0.3) is 22.0 Å². The van der Waals surface area contributed by atoms with Crippen LogP contribution in [0.5, 0.6) is 5.75 Å². The van der Waals surface area contributed by atoms with Gasteiger partial charge in [-0.2, -0.15) is 26.3 Å². The lowest BCUT2D eigenvalue weighted by molar-refractivity contribution is -0.192. The minimum Gasteiger partial charge on any atom is -0.488 e. The van der Waals surface area contributed by atoms with E-state index in [1.807, 2.05) is 13.0 Å². The number of morpholine rings is 1. The van der Waals surface area contributed by atoms with Crippen molar-refractivity contribution < 1.29 is 50.2 Å². The summed E-state index contributed by atoms with van der Waals surface area (Å²) in [4.78, 5) is 30.7. The predicted octanol–water partition coefficient (Wildman–Crippen LogP) is 5.11. The van der Waals surface area contributed by atoms with E-state index in [1.54, 1.807) is 12.1 Å². The van der Waals surface area contributed by atoms with Gasteiger partial charge in [0.15, 0.2) is 5.82 Å². The van der Waals surface area contributed by atoms with Crippen molar-refractivity contribution in [2.24, 2.45) is 0 Å². The Hall–Kier alpha value is -4.26. The SMILES string of the molecule is Cc1cc(OCc2sc(-c3ccc(C(F)(F)F)cc3)nc2CNCCN2CCOCC2)ccc1-c1noc(=O)[nH]1.O=C(O)C(F)(F)F. The number of nitrogens with one attached hydrogen (secondary N) is 2. The summed E-state index contributed by atoms with van der Waals surface area (Å²) in [5.41, 5.74) is 2.25. The lowest BCUT2D eigenvalue weighted by Gasteiger charge is -2.26. The zero-order chi connectivity index (χ0) is 34.2. The number of carbonyl (C=O) groups is 1. The van der Waals surface area contributed by atoms with Crippen molar-refractivity contribution in [3.8, 4) is 27.7 Å². The average Bonchev–Trinajstić information content (AvgIpc) is 3.64. The maximum absolute atomic E-state index is 13.0. The number of rotatable bonds is 10. The highest BCUT2D eigenvalue weighted by Gasteiger charge is 2.38. The molecular formula is C29H29F6N5O6S. The van der Waals surface area contributed by atoms with Crippen LogP contribution >= 0.6 is 11.3 Å². The molecule has 254 valence electrons. The van der Waals surface area contributed by atoms with Gasteiger partial charge in [-0.05, 0) is 42.8 Å². The first-order chi connectivity index (χ1) is 22.2. The van der Waals surface area contributed by atoms with E-state index in [9.17, 15) is 31.1 Å². The molecule has 18 heteroatoms. The Morgan fingerprint density at radius 1 is 1.11 bits per heavy atom. The fourth-order valence-electron chi connectivity index (χ4n) is 4.31. The van der Waals surface area contributed by atoms with Gasteiger partial charge in [-0.15, -0.1) is 11.3 Å². The number of aliphatic carboxylic acids is 1. The number of thiazole rings is 1. The largest absolute Gasteiger partial charge is 0.490 e. The van der Waals surface area contributed by atoms with Crippen LogP contribution in [0, 0.1) is 6.92 Å². The number of alkyl halides is 6. The van der Waals surface area contributed by atoms with Crippen LogP contribution < -0.4 is 15.8 Å². The van der Waals surface area contributed by atoms with Gasteiger partial charge in [-0.25, -0.2) is 14.6 Å². The highest BCUT2D eigenvalue weighted by atomic mass is 32.1. The zero-order valence-electron chi connectivity index (χ0n) is 24.7. The van der Waals surface area contributed by atoms with Crippen LogP contribution in [-0.2, 0) is 28.9 Å². The van der Waals surface area contributed by atoms with Crippen LogP contribution in [0.1, 0.15) is 21.7 Å². The number of carboxylic acid groups (broad SMARTS) is 1. The molecule has 1 saturated heterocycles. The third-order valence-corrected chi connectivity index (χ3v) is 7.86. The Labute approximate surface area is 267 Å². The monoisotopic (exact) mass is 689 g/mol. The van der Waals surface area contributed by atoms with Gasteiger partial charge in [0.25, 0.3) is 0 Å². The highest BCUT2D eigenvalue weighted by Crippen LogP contribution is 2.34. The summed E-state index contributed by atoms with van der Waals surface area (Å²) < 4.78 is 86.9. The standard InChI is InChI=1S/C27H28F3N5O4S.C2HF3O2/c1-17-14-20(6-7-21(17)24-33-26(36)39-34-24)38-16-23-22(15-31-8-9-35-10-12-37-13-11-35)32-25(40-23)18-2-4-19(5-3-18)27(28,29)30;3-2(4,5)1(6)7/h2-7,14,31H,8-13,15-16H2,1H3,(H,33,34,36);(H,6,7). The third-order valence-electron chi connectivity index (χ3n) is 6.74. The van der Waals surface area contributed by atoms with Gasteiger partial charge >= 0.3 is 24.1 Å². The van der Waals surface area contributed by atoms with E-state index in [0.717, 1.165) is 67.7 Å². The van der Waals surface area contributed by atoms with E-state index >= 15 is 0 Å². The number of hydrogen-bond donors (Lipinski definition) is 3. The number of nitrogens with zero attached hydrogens (tertiary/aromatic N) is 3. The zero-order valence-corrected chi connectivity index (χ0v) is 25.5. The molecule has 0 bridgehead atoms. The van der Waals surface area contributed by atoms with Crippen molar-refractivity contribution in [1.82, 2.24) is 25.3 Å². The third kappa shape index (κ3) is 10.4. The fourth-order valence-corrected chi connectivity index (χ4v) is 5.31. The van der Waals surface area contributed by atoms with E-state index in [-0.39, 0.29) is 6.61 Å². The molecule has 5 rings (SSSR count). The Bertz CT molecular complexity index is 1680. The van der Waals surface area contributed by atoms with E-state index in [2.05, 4.69) is 24.9 Å². The molecule has 1 aliphatic heterocycles. The number of carboxylic acids is 1. The van der Waals surface area contributed by atoms with Gasteiger partial charge < -0.3 is 19.9 Å². The second kappa shape index (κ2) is 15.6. The molecule has 0 unspecified atom stereocenters. The quantitative estimate of drug-likeness (QED) is 0.152. The summed E-state index contributed by atoms with van der Waals surface area (Å²) >= 11 is 1.39. The summed E-state index contributed by atoms with van der Waals surface area (Å²) in [5, 5.41) is 14.9. The van der Waals surface area contributed by atoms with E-state index < -0.39 is 29.6 Å². The number of halogens is 6. The Kier molecular flexibility index (Phi) is 11.8. The van der Waals surface area contributed by atoms with Crippen LogP contribution in [-0.4, -0.2) is 76.7 Å². The number of hydrogen-bond acceptors (Lipinski definition) is 10. The molecule has 4 aromatic rings. The van der Waals surface area contributed by atoms with Crippen molar-refractivity contribution >= 4 is 17.3 Å². The maximum atomic E-state index is 13.0. The maximum Gasteiger partial charge on any atom is 0.490 e. The number of ether oxygens (including phenoxy) is 2. The Morgan fingerprint density at radius 2 is 1.79 bits per heavy atom. The summed E-state index contributed by atoms with van der Waals surface area (Å²) in [7, 11) is 0. The lowest BCUT2D eigenvalue weighted by atomic mass is 10.1. The summed E-state index contributed by atoms with van der Waals surface area (Å²) in [5.74, 6) is -2.44. The van der Waals surface area contributed by atoms with E-state index in [4.69, 9.17) is 24.4 Å². The second-order valence-corrected chi connectivity index (χ2v) is 11.2. The first kappa shape index (κ1) is 35.6. The fraction of sp³-hybridized carbons (Fsp3) is 0.379. The smallest absolute Gasteiger partial charge is 0.488 e. The molecule has 47 heavy (non-hydrogen) atoms. The molecule has 0 radical (unpaired) electrons.